The number of hydrogen-bond acceptors (Lipinski definition) is 4. The van der Waals surface area contributed by atoms with Crippen molar-refractivity contribution < 1.29 is 13.9 Å². The van der Waals surface area contributed by atoms with Gasteiger partial charge in [-0.2, -0.15) is 0 Å². The van der Waals surface area contributed by atoms with Crippen LogP contribution in [-0.4, -0.2) is 24.6 Å². The molecule has 0 aliphatic heterocycles. The van der Waals surface area contributed by atoms with Gasteiger partial charge in [-0.3, -0.25) is 4.79 Å². The Morgan fingerprint density at radius 2 is 2.12 bits per heavy atom. The Labute approximate surface area is 98.2 Å². The summed E-state index contributed by atoms with van der Waals surface area (Å²) in [4.78, 5) is 10.8. The summed E-state index contributed by atoms with van der Waals surface area (Å²) >= 11 is 1.40. The average molecular weight is 243 g/mol. The van der Waals surface area contributed by atoms with Crippen LogP contribution in [0.25, 0.3) is 0 Å². The van der Waals surface area contributed by atoms with Crippen molar-refractivity contribution in [1.82, 2.24) is 0 Å². The lowest BCUT2D eigenvalue weighted by Gasteiger charge is -2.10. The molecule has 0 saturated carbocycles. The molecule has 0 bridgehead atoms. The number of thioether (sulfide) groups is 1. The van der Waals surface area contributed by atoms with Gasteiger partial charge in [-0.25, -0.2) is 4.39 Å². The molecule has 0 fully saturated rings. The van der Waals surface area contributed by atoms with Crippen LogP contribution in [0.1, 0.15) is 11.6 Å². The summed E-state index contributed by atoms with van der Waals surface area (Å²) in [5, 5.41) is 0. The molecule has 0 heterocycles. The van der Waals surface area contributed by atoms with Gasteiger partial charge >= 0.3 is 5.97 Å². The first-order valence-electron chi connectivity index (χ1n) is 4.79. The molecule has 0 aromatic heterocycles. The highest BCUT2D eigenvalue weighted by atomic mass is 32.2. The molecule has 1 rings (SSSR count). The van der Waals surface area contributed by atoms with Crippen molar-refractivity contribution in [1.29, 1.82) is 0 Å². The second kappa shape index (κ2) is 6.50. The molecule has 0 aliphatic carbocycles. The minimum atomic E-state index is -0.279. The third-order valence-electron chi connectivity index (χ3n) is 2.04. The number of hydrogen-bond donors (Lipinski definition) is 1. The number of carbonyl (C=O) groups excluding carboxylic acids is 1. The van der Waals surface area contributed by atoms with Gasteiger partial charge in [-0.15, -0.1) is 11.8 Å². The highest BCUT2D eigenvalue weighted by Crippen LogP contribution is 2.16. The van der Waals surface area contributed by atoms with Crippen molar-refractivity contribution in [2.45, 2.75) is 6.04 Å². The fraction of sp³-hybridized carbons (Fsp3) is 0.364. The second-order valence-electron chi connectivity index (χ2n) is 3.25. The van der Waals surface area contributed by atoms with Gasteiger partial charge in [0.25, 0.3) is 0 Å². The zero-order valence-electron chi connectivity index (χ0n) is 8.98. The summed E-state index contributed by atoms with van der Waals surface area (Å²) in [5.74, 6) is 0.334. The molecule has 2 N–H and O–H groups in total. The van der Waals surface area contributed by atoms with E-state index in [1.807, 2.05) is 0 Å². The summed E-state index contributed by atoms with van der Waals surface area (Å²) in [6.07, 6.45) is 0. The quantitative estimate of drug-likeness (QED) is 0.800. The van der Waals surface area contributed by atoms with Crippen LogP contribution in [0.4, 0.5) is 4.39 Å². The van der Waals surface area contributed by atoms with E-state index in [0.29, 0.717) is 5.75 Å². The Bertz CT molecular complexity index is 342. The van der Waals surface area contributed by atoms with Gasteiger partial charge in [-0.1, -0.05) is 12.1 Å². The van der Waals surface area contributed by atoms with E-state index in [4.69, 9.17) is 5.73 Å². The Balaban J connectivity index is 2.37. The van der Waals surface area contributed by atoms with Gasteiger partial charge in [0.05, 0.1) is 12.9 Å². The third-order valence-corrected chi connectivity index (χ3v) is 3.08. The van der Waals surface area contributed by atoms with E-state index in [2.05, 4.69) is 4.74 Å². The number of carbonyl (C=O) groups is 1. The van der Waals surface area contributed by atoms with Crippen LogP contribution in [0.2, 0.25) is 0 Å². The summed E-state index contributed by atoms with van der Waals surface area (Å²) in [5.41, 5.74) is 6.74. The van der Waals surface area contributed by atoms with Crippen LogP contribution in [0.15, 0.2) is 24.3 Å². The van der Waals surface area contributed by atoms with E-state index >= 15 is 0 Å². The highest BCUT2D eigenvalue weighted by Gasteiger charge is 2.08. The van der Waals surface area contributed by atoms with Crippen LogP contribution < -0.4 is 5.73 Å². The molecular weight excluding hydrogens is 229 g/mol. The van der Waals surface area contributed by atoms with Gasteiger partial charge in [-0.05, 0) is 17.7 Å². The first kappa shape index (κ1) is 13.0. The van der Waals surface area contributed by atoms with Crippen LogP contribution in [0.5, 0.6) is 0 Å². The third kappa shape index (κ3) is 4.20. The van der Waals surface area contributed by atoms with Crippen molar-refractivity contribution in [2.24, 2.45) is 5.73 Å². The monoisotopic (exact) mass is 243 g/mol. The van der Waals surface area contributed by atoms with Crippen LogP contribution in [0, 0.1) is 5.82 Å². The molecule has 1 aromatic carbocycles. The molecule has 1 unspecified atom stereocenters. The number of nitrogens with two attached hydrogens (primary N) is 1. The molecule has 5 heteroatoms. The Kier molecular flexibility index (Phi) is 5.28. The Hall–Kier alpha value is -1.07. The predicted octanol–water partition coefficient (Wildman–Crippen LogP) is 1.73. The number of rotatable bonds is 5. The minimum absolute atomic E-state index is 0.199. The molecule has 1 atom stereocenters. The maximum Gasteiger partial charge on any atom is 0.315 e. The van der Waals surface area contributed by atoms with E-state index in [0.717, 1.165) is 5.56 Å². The fourth-order valence-corrected chi connectivity index (χ4v) is 1.98. The van der Waals surface area contributed by atoms with Crippen molar-refractivity contribution >= 4 is 17.7 Å². The number of methoxy groups -OCH3 is 1. The van der Waals surface area contributed by atoms with Crippen LogP contribution in [-0.2, 0) is 9.53 Å². The highest BCUT2D eigenvalue weighted by molar-refractivity contribution is 7.99. The molecule has 3 nitrogen and oxygen atoms in total. The lowest BCUT2D eigenvalue weighted by Crippen LogP contribution is -2.14. The number of benzene rings is 1. The van der Waals surface area contributed by atoms with Gasteiger partial charge in [0.2, 0.25) is 0 Å². The molecule has 88 valence electrons. The number of halogens is 1. The molecule has 16 heavy (non-hydrogen) atoms. The van der Waals surface area contributed by atoms with Gasteiger partial charge in [0.1, 0.15) is 5.82 Å². The summed E-state index contributed by atoms with van der Waals surface area (Å²) in [6.45, 7) is 0. The Morgan fingerprint density at radius 1 is 1.50 bits per heavy atom. The van der Waals surface area contributed by atoms with Gasteiger partial charge < -0.3 is 10.5 Å². The standard InChI is InChI=1S/C11H14FNO2S/c1-15-11(14)7-16-6-10(13)8-2-4-9(12)5-3-8/h2-5,10H,6-7,13H2,1H3. The fourth-order valence-electron chi connectivity index (χ4n) is 1.13. The smallest absolute Gasteiger partial charge is 0.315 e. The van der Waals surface area contributed by atoms with Crippen LogP contribution in [0.3, 0.4) is 0 Å². The lowest BCUT2D eigenvalue weighted by molar-refractivity contribution is -0.137. The van der Waals surface area contributed by atoms with Crippen molar-refractivity contribution in [3.8, 4) is 0 Å². The van der Waals surface area contributed by atoms with E-state index in [9.17, 15) is 9.18 Å². The van der Waals surface area contributed by atoms with Crippen molar-refractivity contribution in [2.75, 3.05) is 18.6 Å². The van der Waals surface area contributed by atoms with E-state index in [1.54, 1.807) is 12.1 Å². The first-order chi connectivity index (χ1) is 7.63. The number of ether oxygens (including phenoxy) is 1. The van der Waals surface area contributed by atoms with Gasteiger partial charge in [0, 0.05) is 11.8 Å². The maximum atomic E-state index is 12.6. The number of esters is 1. The summed E-state index contributed by atoms with van der Waals surface area (Å²) in [6, 6.07) is 5.85. The van der Waals surface area contributed by atoms with Crippen molar-refractivity contribution in [3.63, 3.8) is 0 Å². The molecule has 0 amide bonds. The molecular formula is C11H14FNO2S. The molecule has 1 aromatic rings. The minimum Gasteiger partial charge on any atom is -0.468 e. The zero-order valence-corrected chi connectivity index (χ0v) is 9.80. The zero-order chi connectivity index (χ0) is 12.0. The topological polar surface area (TPSA) is 52.3 Å². The molecule has 0 radical (unpaired) electrons. The van der Waals surface area contributed by atoms with Crippen LogP contribution >= 0.6 is 11.8 Å². The first-order valence-corrected chi connectivity index (χ1v) is 5.94. The van der Waals surface area contributed by atoms with E-state index in [-0.39, 0.29) is 23.6 Å². The summed E-state index contributed by atoms with van der Waals surface area (Å²) < 4.78 is 17.1. The van der Waals surface area contributed by atoms with E-state index < -0.39 is 0 Å². The van der Waals surface area contributed by atoms with E-state index in [1.165, 1.54) is 31.0 Å². The second-order valence-corrected chi connectivity index (χ2v) is 4.28. The lowest BCUT2D eigenvalue weighted by atomic mass is 10.1. The van der Waals surface area contributed by atoms with Crippen molar-refractivity contribution in [3.05, 3.63) is 35.6 Å². The summed E-state index contributed by atoms with van der Waals surface area (Å²) in [7, 11) is 1.35. The molecule has 0 aliphatic rings. The SMILES string of the molecule is COC(=O)CSCC(N)c1ccc(F)cc1. The normalized spacial score (nSPS) is 12.2. The molecule has 0 saturated heterocycles. The maximum absolute atomic E-state index is 12.6. The largest absolute Gasteiger partial charge is 0.468 e. The average Bonchev–Trinajstić information content (AvgIpc) is 2.29. The van der Waals surface area contributed by atoms with Gasteiger partial charge in [0.15, 0.2) is 0 Å². The predicted molar refractivity (Wildman–Crippen MR) is 62.7 cm³/mol. The molecule has 0 spiro atoms. The Morgan fingerprint density at radius 3 is 2.69 bits per heavy atom.